The molecule has 6 nitrogen and oxygen atoms in total. The van der Waals surface area contributed by atoms with E-state index in [9.17, 15) is 4.79 Å². The van der Waals surface area contributed by atoms with E-state index < -0.39 is 6.04 Å². The third-order valence-electron chi connectivity index (χ3n) is 2.71. The Hall–Kier alpha value is -2.08. The van der Waals surface area contributed by atoms with Crippen molar-refractivity contribution in [1.29, 1.82) is 0 Å². The zero-order chi connectivity index (χ0) is 12.7. The molecular weight excluding hydrogens is 254 g/mol. The maximum Gasteiger partial charge on any atom is 0.251 e. The van der Waals surface area contributed by atoms with E-state index in [1.165, 1.54) is 6.20 Å². The molecule has 2 aromatic rings. The highest BCUT2D eigenvalue weighted by molar-refractivity contribution is 6.31. The van der Waals surface area contributed by atoms with Crippen LogP contribution < -0.4 is 10.6 Å². The van der Waals surface area contributed by atoms with Gasteiger partial charge in [0.1, 0.15) is 6.04 Å². The number of hydrogen-bond acceptors (Lipinski definition) is 4. The van der Waals surface area contributed by atoms with Gasteiger partial charge in [0.05, 0.1) is 16.9 Å². The lowest BCUT2D eigenvalue weighted by Gasteiger charge is -2.25. The predicted molar refractivity (Wildman–Crippen MR) is 67.4 cm³/mol. The number of halogens is 1. The van der Waals surface area contributed by atoms with Crippen molar-refractivity contribution in [2.24, 2.45) is 7.05 Å². The number of fused-ring (bicyclic) bond motifs is 1. The number of carbonyl (C=O) groups excluding carboxylic acids is 1. The molecule has 2 aromatic heterocycles. The molecule has 1 aliphatic rings. The van der Waals surface area contributed by atoms with Gasteiger partial charge in [-0.25, -0.2) is 4.98 Å². The molecule has 1 unspecified atom stereocenters. The van der Waals surface area contributed by atoms with Crippen LogP contribution in [0.15, 0.2) is 24.7 Å². The SMILES string of the molecule is Cn1cc(C2Nc3ncc(Cl)cc3NC2=O)cn1. The Labute approximate surface area is 108 Å². The molecule has 1 atom stereocenters. The van der Waals surface area contributed by atoms with Crippen LogP contribution in [0.4, 0.5) is 11.5 Å². The molecule has 3 heterocycles. The van der Waals surface area contributed by atoms with Crippen LogP contribution in [0.3, 0.4) is 0 Å². The first-order chi connectivity index (χ1) is 8.63. The number of carbonyl (C=O) groups is 1. The number of amides is 1. The van der Waals surface area contributed by atoms with Crippen LogP contribution in [-0.2, 0) is 11.8 Å². The molecule has 3 rings (SSSR count). The van der Waals surface area contributed by atoms with Crippen molar-refractivity contribution in [3.05, 3.63) is 35.2 Å². The zero-order valence-electron chi connectivity index (χ0n) is 9.51. The maximum atomic E-state index is 12.0. The summed E-state index contributed by atoms with van der Waals surface area (Å²) in [5.41, 5.74) is 1.38. The van der Waals surface area contributed by atoms with Crippen molar-refractivity contribution in [3.8, 4) is 0 Å². The van der Waals surface area contributed by atoms with Gasteiger partial charge in [-0.05, 0) is 6.07 Å². The number of nitrogens with one attached hydrogen (secondary N) is 2. The molecule has 1 amide bonds. The van der Waals surface area contributed by atoms with E-state index in [0.717, 1.165) is 5.56 Å². The number of aryl methyl sites for hydroxylation is 1. The normalized spacial score (nSPS) is 17.9. The van der Waals surface area contributed by atoms with Crippen molar-refractivity contribution < 1.29 is 4.79 Å². The molecule has 0 saturated heterocycles. The van der Waals surface area contributed by atoms with Crippen LogP contribution in [0.25, 0.3) is 0 Å². The standard InChI is InChI=1S/C11H10ClN5O/c1-17-5-6(3-14-17)9-11(18)15-8-2-7(12)4-13-10(8)16-9/h2-5,9H,1H3,(H,13,16)(H,15,18). The van der Waals surface area contributed by atoms with Crippen molar-refractivity contribution in [3.63, 3.8) is 0 Å². The lowest BCUT2D eigenvalue weighted by molar-refractivity contribution is -0.117. The third kappa shape index (κ3) is 1.80. The quantitative estimate of drug-likeness (QED) is 0.819. The van der Waals surface area contributed by atoms with Gasteiger partial charge in [-0.2, -0.15) is 5.10 Å². The summed E-state index contributed by atoms with van der Waals surface area (Å²) in [7, 11) is 1.80. The summed E-state index contributed by atoms with van der Waals surface area (Å²) < 4.78 is 1.65. The Morgan fingerprint density at radius 3 is 3.00 bits per heavy atom. The van der Waals surface area contributed by atoms with E-state index in [1.807, 2.05) is 0 Å². The van der Waals surface area contributed by atoms with Crippen LogP contribution in [0.2, 0.25) is 5.02 Å². The maximum absolute atomic E-state index is 12.0. The van der Waals surface area contributed by atoms with E-state index >= 15 is 0 Å². The molecule has 1 aliphatic heterocycles. The number of rotatable bonds is 1. The Balaban J connectivity index is 1.97. The number of pyridine rings is 1. The first-order valence-electron chi connectivity index (χ1n) is 5.35. The van der Waals surface area contributed by atoms with E-state index in [4.69, 9.17) is 11.6 Å². The third-order valence-corrected chi connectivity index (χ3v) is 2.92. The van der Waals surface area contributed by atoms with Gasteiger partial charge in [-0.3, -0.25) is 9.48 Å². The Morgan fingerprint density at radius 1 is 1.44 bits per heavy atom. The van der Waals surface area contributed by atoms with E-state index in [-0.39, 0.29) is 5.91 Å². The minimum Gasteiger partial charge on any atom is -0.353 e. The second-order valence-electron chi connectivity index (χ2n) is 4.06. The highest BCUT2D eigenvalue weighted by Gasteiger charge is 2.28. The largest absolute Gasteiger partial charge is 0.353 e. The summed E-state index contributed by atoms with van der Waals surface area (Å²) in [5, 5.41) is 10.4. The molecule has 0 aromatic carbocycles. The molecule has 18 heavy (non-hydrogen) atoms. The Kier molecular flexibility index (Phi) is 2.45. The minimum absolute atomic E-state index is 0.153. The van der Waals surface area contributed by atoms with Gasteiger partial charge < -0.3 is 10.6 Å². The molecule has 0 fully saturated rings. The lowest BCUT2D eigenvalue weighted by Crippen LogP contribution is -2.32. The summed E-state index contributed by atoms with van der Waals surface area (Å²) in [6.07, 6.45) is 4.97. The van der Waals surface area contributed by atoms with Gasteiger partial charge in [-0.15, -0.1) is 0 Å². The number of nitrogens with zero attached hydrogens (tertiary/aromatic N) is 3. The van der Waals surface area contributed by atoms with Gasteiger partial charge in [0, 0.05) is 25.0 Å². The molecule has 2 N–H and O–H groups in total. The number of hydrogen-bond donors (Lipinski definition) is 2. The highest BCUT2D eigenvalue weighted by atomic mass is 35.5. The summed E-state index contributed by atoms with van der Waals surface area (Å²) in [4.78, 5) is 16.1. The fraction of sp³-hybridized carbons (Fsp3) is 0.182. The fourth-order valence-corrected chi connectivity index (χ4v) is 2.04. The second kappa shape index (κ2) is 3.99. The average molecular weight is 264 g/mol. The van der Waals surface area contributed by atoms with Crippen molar-refractivity contribution in [2.75, 3.05) is 10.6 Å². The minimum atomic E-state index is -0.486. The van der Waals surface area contributed by atoms with E-state index in [1.54, 1.807) is 30.2 Å². The second-order valence-corrected chi connectivity index (χ2v) is 4.50. The molecule has 0 saturated carbocycles. The molecule has 0 spiro atoms. The highest BCUT2D eigenvalue weighted by Crippen LogP contribution is 2.31. The van der Waals surface area contributed by atoms with Gasteiger partial charge in [0.15, 0.2) is 5.82 Å². The van der Waals surface area contributed by atoms with E-state index in [2.05, 4.69) is 20.7 Å². The van der Waals surface area contributed by atoms with Crippen LogP contribution in [0.1, 0.15) is 11.6 Å². The van der Waals surface area contributed by atoms with Crippen molar-refractivity contribution in [1.82, 2.24) is 14.8 Å². The van der Waals surface area contributed by atoms with Gasteiger partial charge in [0.25, 0.3) is 5.91 Å². The van der Waals surface area contributed by atoms with Crippen LogP contribution in [-0.4, -0.2) is 20.7 Å². The Morgan fingerprint density at radius 2 is 2.28 bits per heavy atom. The molecule has 0 radical (unpaired) electrons. The van der Waals surface area contributed by atoms with Crippen LogP contribution in [0, 0.1) is 0 Å². The predicted octanol–water partition coefficient (Wildman–Crippen LogP) is 1.57. The van der Waals surface area contributed by atoms with Crippen LogP contribution >= 0.6 is 11.6 Å². The first-order valence-corrected chi connectivity index (χ1v) is 5.73. The monoisotopic (exact) mass is 263 g/mol. The summed E-state index contributed by atoms with van der Waals surface area (Å²) >= 11 is 5.83. The summed E-state index contributed by atoms with van der Waals surface area (Å²) in [5.74, 6) is 0.451. The fourth-order valence-electron chi connectivity index (χ4n) is 1.88. The number of aromatic nitrogens is 3. The molecule has 0 bridgehead atoms. The molecule has 7 heteroatoms. The molecular formula is C11H10ClN5O. The summed E-state index contributed by atoms with van der Waals surface area (Å²) in [6, 6.07) is 1.17. The lowest BCUT2D eigenvalue weighted by atomic mass is 10.1. The van der Waals surface area contributed by atoms with Gasteiger partial charge >= 0.3 is 0 Å². The molecule has 92 valence electrons. The molecule has 0 aliphatic carbocycles. The van der Waals surface area contributed by atoms with Crippen LogP contribution in [0.5, 0.6) is 0 Å². The van der Waals surface area contributed by atoms with Crippen molar-refractivity contribution in [2.45, 2.75) is 6.04 Å². The van der Waals surface area contributed by atoms with Gasteiger partial charge in [-0.1, -0.05) is 11.6 Å². The zero-order valence-corrected chi connectivity index (χ0v) is 10.3. The topological polar surface area (TPSA) is 71.8 Å². The van der Waals surface area contributed by atoms with Gasteiger partial charge in [0.2, 0.25) is 0 Å². The van der Waals surface area contributed by atoms with E-state index in [0.29, 0.717) is 16.5 Å². The first kappa shape index (κ1) is 11.0. The van der Waals surface area contributed by atoms with Crippen molar-refractivity contribution >= 4 is 29.0 Å². The Bertz CT molecular complexity index is 624. The average Bonchev–Trinajstić information content (AvgIpc) is 2.74. The number of anilines is 2. The smallest absolute Gasteiger partial charge is 0.251 e. The summed E-state index contributed by atoms with van der Waals surface area (Å²) in [6.45, 7) is 0.